The van der Waals surface area contributed by atoms with E-state index in [2.05, 4.69) is 17.0 Å². The van der Waals surface area contributed by atoms with Gasteiger partial charge in [0.05, 0.1) is 25.9 Å². The predicted molar refractivity (Wildman–Crippen MR) is 79.0 cm³/mol. The Morgan fingerprint density at radius 1 is 1.40 bits per heavy atom. The number of rotatable bonds is 7. The molecule has 0 radical (unpaired) electrons. The standard InChI is InChI=1S/C15H24N2O3/c1-19-6-7-20-11-14(18)10-17-9-13(16)8-12-4-2-3-5-15(12)17/h2-5,13-14,18H,6-11,16H2,1H3. The number of hydrogen-bond donors (Lipinski definition) is 2. The van der Waals surface area contributed by atoms with Gasteiger partial charge in [-0.25, -0.2) is 0 Å². The van der Waals surface area contributed by atoms with E-state index in [1.807, 2.05) is 12.1 Å². The molecule has 2 rings (SSSR count). The number of β-amino-alcohol motifs (C(OH)–C–C–N with tert-alkyl or cyclic N) is 1. The second-order valence-electron chi connectivity index (χ2n) is 5.22. The Morgan fingerprint density at radius 3 is 3.00 bits per heavy atom. The maximum atomic E-state index is 10.1. The molecule has 0 aliphatic carbocycles. The molecule has 0 amide bonds. The van der Waals surface area contributed by atoms with E-state index in [9.17, 15) is 5.11 Å². The van der Waals surface area contributed by atoms with Crippen molar-refractivity contribution in [2.24, 2.45) is 5.73 Å². The molecule has 1 aliphatic rings. The molecule has 0 fully saturated rings. The minimum Gasteiger partial charge on any atom is -0.389 e. The largest absolute Gasteiger partial charge is 0.389 e. The van der Waals surface area contributed by atoms with Crippen LogP contribution >= 0.6 is 0 Å². The summed E-state index contributed by atoms with van der Waals surface area (Å²) >= 11 is 0. The average Bonchev–Trinajstić information content (AvgIpc) is 2.43. The normalized spacial score (nSPS) is 19.8. The summed E-state index contributed by atoms with van der Waals surface area (Å²) in [6.07, 6.45) is 0.373. The monoisotopic (exact) mass is 280 g/mol. The lowest BCUT2D eigenvalue weighted by molar-refractivity contribution is 0.0159. The molecule has 0 bridgehead atoms. The summed E-state index contributed by atoms with van der Waals surface area (Å²) < 4.78 is 10.3. The highest BCUT2D eigenvalue weighted by molar-refractivity contribution is 5.56. The van der Waals surface area contributed by atoms with Gasteiger partial charge in [0.1, 0.15) is 0 Å². The molecule has 1 aromatic carbocycles. The van der Waals surface area contributed by atoms with E-state index in [1.54, 1.807) is 7.11 Å². The van der Waals surface area contributed by atoms with Gasteiger partial charge in [-0.05, 0) is 18.1 Å². The Kier molecular flexibility index (Phi) is 5.79. The lowest BCUT2D eigenvalue weighted by Gasteiger charge is -2.35. The maximum absolute atomic E-state index is 10.1. The first kappa shape index (κ1) is 15.3. The first-order valence-corrected chi connectivity index (χ1v) is 7.04. The number of aliphatic hydroxyl groups excluding tert-OH is 1. The Morgan fingerprint density at radius 2 is 2.20 bits per heavy atom. The minimum atomic E-state index is -0.523. The van der Waals surface area contributed by atoms with Gasteiger partial charge in [-0.2, -0.15) is 0 Å². The van der Waals surface area contributed by atoms with Crippen molar-refractivity contribution >= 4 is 5.69 Å². The molecule has 1 heterocycles. The molecule has 20 heavy (non-hydrogen) atoms. The van der Waals surface area contributed by atoms with Gasteiger partial charge in [-0.3, -0.25) is 0 Å². The quantitative estimate of drug-likeness (QED) is 0.708. The van der Waals surface area contributed by atoms with Crippen LogP contribution in [-0.4, -0.2) is 57.3 Å². The molecule has 112 valence electrons. The smallest absolute Gasteiger partial charge is 0.0948 e. The second-order valence-corrected chi connectivity index (χ2v) is 5.22. The Bertz CT molecular complexity index is 414. The van der Waals surface area contributed by atoms with Crippen LogP contribution in [0.5, 0.6) is 0 Å². The molecule has 1 aromatic rings. The summed E-state index contributed by atoms with van der Waals surface area (Å²) in [5.74, 6) is 0. The van der Waals surface area contributed by atoms with Crippen molar-refractivity contribution in [3.8, 4) is 0 Å². The van der Waals surface area contributed by atoms with Crippen LogP contribution in [0.3, 0.4) is 0 Å². The molecule has 1 aliphatic heterocycles. The molecule has 2 atom stereocenters. The molecule has 2 unspecified atom stereocenters. The average molecular weight is 280 g/mol. The van der Waals surface area contributed by atoms with Crippen molar-refractivity contribution in [3.05, 3.63) is 29.8 Å². The van der Waals surface area contributed by atoms with E-state index in [1.165, 1.54) is 11.3 Å². The molecule has 5 heteroatoms. The fourth-order valence-corrected chi connectivity index (χ4v) is 2.56. The summed E-state index contributed by atoms with van der Waals surface area (Å²) in [5, 5.41) is 10.1. The number of para-hydroxylation sites is 1. The van der Waals surface area contributed by atoms with Crippen molar-refractivity contribution in [2.75, 3.05) is 44.9 Å². The van der Waals surface area contributed by atoms with E-state index >= 15 is 0 Å². The minimum absolute atomic E-state index is 0.117. The van der Waals surface area contributed by atoms with E-state index in [0.29, 0.717) is 26.4 Å². The highest BCUT2D eigenvalue weighted by Crippen LogP contribution is 2.26. The van der Waals surface area contributed by atoms with Gasteiger partial charge < -0.3 is 25.2 Å². The second kappa shape index (κ2) is 7.59. The first-order chi connectivity index (χ1) is 9.70. The third kappa shape index (κ3) is 4.18. The molecule has 0 saturated carbocycles. The molecule has 0 aromatic heterocycles. The number of fused-ring (bicyclic) bond motifs is 1. The highest BCUT2D eigenvalue weighted by atomic mass is 16.5. The Labute approximate surface area is 120 Å². The van der Waals surface area contributed by atoms with E-state index in [0.717, 1.165) is 13.0 Å². The predicted octanol–water partition coefficient (Wildman–Crippen LogP) is 0.400. The summed E-state index contributed by atoms with van der Waals surface area (Å²) in [7, 11) is 1.63. The fourth-order valence-electron chi connectivity index (χ4n) is 2.56. The van der Waals surface area contributed by atoms with Crippen molar-refractivity contribution in [3.63, 3.8) is 0 Å². The summed E-state index contributed by atoms with van der Waals surface area (Å²) in [5.41, 5.74) is 8.50. The van der Waals surface area contributed by atoms with Crippen molar-refractivity contribution in [2.45, 2.75) is 18.6 Å². The zero-order valence-corrected chi connectivity index (χ0v) is 12.0. The number of nitrogens with zero attached hydrogens (tertiary/aromatic N) is 1. The van der Waals surface area contributed by atoms with Crippen LogP contribution in [0, 0.1) is 0 Å². The van der Waals surface area contributed by atoms with E-state index in [4.69, 9.17) is 15.2 Å². The van der Waals surface area contributed by atoms with Crippen LogP contribution in [0.25, 0.3) is 0 Å². The molecular formula is C15H24N2O3. The lowest BCUT2D eigenvalue weighted by atomic mass is 9.98. The lowest BCUT2D eigenvalue weighted by Crippen LogP contribution is -2.46. The van der Waals surface area contributed by atoms with Crippen molar-refractivity contribution in [1.29, 1.82) is 0 Å². The number of methoxy groups -OCH3 is 1. The van der Waals surface area contributed by atoms with Gasteiger partial charge in [0.2, 0.25) is 0 Å². The van der Waals surface area contributed by atoms with Crippen LogP contribution in [-0.2, 0) is 15.9 Å². The highest BCUT2D eigenvalue weighted by Gasteiger charge is 2.23. The van der Waals surface area contributed by atoms with Gasteiger partial charge >= 0.3 is 0 Å². The summed E-state index contributed by atoms with van der Waals surface area (Å²) in [4.78, 5) is 2.15. The number of hydrogen-bond acceptors (Lipinski definition) is 5. The number of anilines is 1. The molecular weight excluding hydrogens is 256 g/mol. The van der Waals surface area contributed by atoms with Crippen molar-refractivity contribution < 1.29 is 14.6 Å². The molecule has 0 saturated heterocycles. The van der Waals surface area contributed by atoms with Gasteiger partial charge in [-0.15, -0.1) is 0 Å². The summed E-state index contributed by atoms with van der Waals surface area (Å²) in [6, 6.07) is 8.35. The molecule has 3 N–H and O–H groups in total. The topological polar surface area (TPSA) is 68.0 Å². The fraction of sp³-hybridized carbons (Fsp3) is 0.600. The number of ether oxygens (including phenoxy) is 2. The van der Waals surface area contributed by atoms with E-state index in [-0.39, 0.29) is 6.04 Å². The van der Waals surface area contributed by atoms with Gasteiger partial charge in [-0.1, -0.05) is 18.2 Å². The van der Waals surface area contributed by atoms with Crippen molar-refractivity contribution in [1.82, 2.24) is 0 Å². The van der Waals surface area contributed by atoms with Gasteiger partial charge in [0, 0.05) is 31.9 Å². The van der Waals surface area contributed by atoms with Crippen LogP contribution < -0.4 is 10.6 Å². The first-order valence-electron chi connectivity index (χ1n) is 7.04. The van der Waals surface area contributed by atoms with Crippen LogP contribution in [0.4, 0.5) is 5.69 Å². The van der Waals surface area contributed by atoms with Crippen LogP contribution in [0.2, 0.25) is 0 Å². The third-order valence-electron chi connectivity index (χ3n) is 3.44. The van der Waals surface area contributed by atoms with Crippen LogP contribution in [0.1, 0.15) is 5.56 Å². The third-order valence-corrected chi connectivity index (χ3v) is 3.44. The van der Waals surface area contributed by atoms with Gasteiger partial charge in [0.25, 0.3) is 0 Å². The number of aliphatic hydroxyl groups is 1. The number of nitrogens with two attached hydrogens (primary N) is 1. The van der Waals surface area contributed by atoms with Gasteiger partial charge in [0.15, 0.2) is 0 Å². The maximum Gasteiger partial charge on any atom is 0.0948 e. The SMILES string of the molecule is COCCOCC(O)CN1CC(N)Cc2ccccc21. The Balaban J connectivity index is 1.89. The van der Waals surface area contributed by atoms with E-state index < -0.39 is 6.10 Å². The van der Waals surface area contributed by atoms with Crippen LogP contribution in [0.15, 0.2) is 24.3 Å². The zero-order chi connectivity index (χ0) is 14.4. The summed E-state index contributed by atoms with van der Waals surface area (Å²) in [6.45, 7) is 2.68. The number of benzene rings is 1. The molecule has 0 spiro atoms. The zero-order valence-electron chi connectivity index (χ0n) is 12.0. The molecule has 5 nitrogen and oxygen atoms in total. The Hall–Kier alpha value is -1.14.